The molecule has 1 aromatic carbocycles. The first kappa shape index (κ1) is 13.2. The van der Waals surface area contributed by atoms with Crippen molar-refractivity contribution in [3.05, 3.63) is 62.6 Å². The van der Waals surface area contributed by atoms with Gasteiger partial charge in [0.2, 0.25) is 0 Å². The van der Waals surface area contributed by atoms with Crippen molar-refractivity contribution < 1.29 is 0 Å². The topological polar surface area (TPSA) is 82.7 Å². The molecular weight excluding hydrogens is 270 g/mol. The zero-order chi connectivity index (χ0) is 15.0. The molecule has 0 unspecified atom stereocenters. The summed E-state index contributed by atoms with van der Waals surface area (Å²) < 4.78 is 2.48. The highest BCUT2D eigenvalue weighted by molar-refractivity contribution is 5.47. The summed E-state index contributed by atoms with van der Waals surface area (Å²) in [4.78, 5) is 32.6. The third-order valence-electron chi connectivity index (χ3n) is 3.15. The molecule has 7 heteroatoms. The van der Waals surface area contributed by atoms with Gasteiger partial charge in [-0.05, 0) is 12.5 Å². The smallest absolute Gasteiger partial charge is 0.267 e. The molecule has 106 valence electrons. The minimum Gasteiger partial charge on any atom is -0.267 e. The van der Waals surface area contributed by atoms with E-state index in [0.29, 0.717) is 5.82 Å². The van der Waals surface area contributed by atoms with Gasteiger partial charge in [-0.2, -0.15) is 10.1 Å². The molecule has 0 spiro atoms. The maximum absolute atomic E-state index is 12.5. The van der Waals surface area contributed by atoms with Crippen LogP contribution < -0.4 is 11.2 Å². The lowest BCUT2D eigenvalue weighted by molar-refractivity contribution is 0.639. The van der Waals surface area contributed by atoms with Gasteiger partial charge in [-0.15, -0.1) is 0 Å². The Kier molecular flexibility index (Phi) is 3.09. The van der Waals surface area contributed by atoms with Crippen LogP contribution in [0.4, 0.5) is 0 Å². The van der Waals surface area contributed by atoms with Crippen LogP contribution in [0.2, 0.25) is 0 Å². The van der Waals surface area contributed by atoms with Gasteiger partial charge >= 0.3 is 5.69 Å². The van der Waals surface area contributed by atoms with E-state index in [0.717, 1.165) is 10.1 Å². The first-order valence-electron chi connectivity index (χ1n) is 6.42. The minimum atomic E-state index is -0.598. The van der Waals surface area contributed by atoms with Crippen molar-refractivity contribution in [3.63, 3.8) is 0 Å². The number of benzene rings is 1. The van der Waals surface area contributed by atoms with Gasteiger partial charge in [0.05, 0.1) is 6.54 Å². The van der Waals surface area contributed by atoms with Gasteiger partial charge in [-0.25, -0.2) is 14.5 Å². The number of aryl methyl sites for hydroxylation is 2. The van der Waals surface area contributed by atoms with Gasteiger partial charge in [-0.1, -0.05) is 30.3 Å². The number of nitrogens with zero attached hydrogens (tertiary/aromatic N) is 5. The Bertz CT molecular complexity index is 882. The standard InChI is InChI=1S/C14H13N5O2/c1-9-15-11-12(18(2)17-9)16-14(21)19(13(11)20)8-10-6-4-3-5-7-10/h3-7H,8H2,1-2H3. The molecule has 2 heterocycles. The average Bonchev–Trinajstić information content (AvgIpc) is 2.46. The maximum atomic E-state index is 12.5. The Morgan fingerprint density at radius 2 is 1.81 bits per heavy atom. The largest absolute Gasteiger partial charge is 0.352 e. The molecule has 0 bridgehead atoms. The Morgan fingerprint density at radius 3 is 2.52 bits per heavy atom. The van der Waals surface area contributed by atoms with Crippen molar-refractivity contribution in [2.24, 2.45) is 7.05 Å². The number of hydrogen-bond acceptors (Lipinski definition) is 5. The molecule has 0 radical (unpaired) electrons. The lowest BCUT2D eigenvalue weighted by Crippen LogP contribution is -2.39. The molecule has 0 saturated heterocycles. The van der Waals surface area contributed by atoms with E-state index in [-0.39, 0.29) is 18.1 Å². The number of fused-ring (bicyclic) bond motifs is 1. The summed E-state index contributed by atoms with van der Waals surface area (Å²) in [6.45, 7) is 1.86. The predicted molar refractivity (Wildman–Crippen MR) is 76.2 cm³/mol. The highest BCUT2D eigenvalue weighted by Gasteiger charge is 2.19. The molecule has 0 atom stereocenters. The fourth-order valence-corrected chi connectivity index (χ4v) is 2.19. The molecule has 1 aromatic rings. The van der Waals surface area contributed by atoms with Gasteiger partial charge in [-0.3, -0.25) is 9.36 Å². The maximum Gasteiger partial charge on any atom is 0.352 e. The summed E-state index contributed by atoms with van der Waals surface area (Å²) >= 11 is 0. The fourth-order valence-electron chi connectivity index (χ4n) is 2.19. The van der Waals surface area contributed by atoms with Gasteiger partial charge < -0.3 is 0 Å². The van der Waals surface area contributed by atoms with E-state index in [4.69, 9.17) is 0 Å². The highest BCUT2D eigenvalue weighted by atomic mass is 16.2. The molecule has 0 saturated carbocycles. The summed E-state index contributed by atoms with van der Waals surface area (Å²) in [6, 6.07) is 9.28. The van der Waals surface area contributed by atoms with Crippen molar-refractivity contribution in [1.29, 1.82) is 0 Å². The summed E-state index contributed by atoms with van der Waals surface area (Å²) in [5, 5.41) is 4.05. The van der Waals surface area contributed by atoms with E-state index < -0.39 is 11.2 Å². The van der Waals surface area contributed by atoms with Crippen LogP contribution in [-0.4, -0.2) is 24.3 Å². The van der Waals surface area contributed by atoms with Crippen LogP contribution in [0.1, 0.15) is 11.4 Å². The van der Waals surface area contributed by atoms with Crippen LogP contribution in [0.5, 0.6) is 0 Å². The summed E-state index contributed by atoms with van der Waals surface area (Å²) in [7, 11) is 1.63. The predicted octanol–water partition coefficient (Wildman–Crippen LogP) is 0.194. The van der Waals surface area contributed by atoms with Crippen molar-refractivity contribution in [2.75, 3.05) is 0 Å². The highest BCUT2D eigenvalue weighted by Crippen LogP contribution is 2.08. The summed E-state index contributed by atoms with van der Waals surface area (Å²) in [5.41, 5.74) is -0.0390. The van der Waals surface area contributed by atoms with Crippen LogP contribution in [0.15, 0.2) is 39.9 Å². The molecular formula is C14H13N5O2. The third kappa shape index (κ3) is 2.33. The second-order valence-electron chi connectivity index (χ2n) is 4.73. The minimum absolute atomic E-state index is 0.153. The van der Waals surface area contributed by atoms with Crippen LogP contribution in [-0.2, 0) is 13.6 Å². The first-order chi connectivity index (χ1) is 10.1. The molecule has 0 aliphatic carbocycles. The van der Waals surface area contributed by atoms with Crippen molar-refractivity contribution in [1.82, 2.24) is 24.3 Å². The first-order valence-corrected chi connectivity index (χ1v) is 6.42. The molecule has 21 heavy (non-hydrogen) atoms. The summed E-state index contributed by atoms with van der Waals surface area (Å²) in [5.74, 6) is 0.647. The zero-order valence-electron chi connectivity index (χ0n) is 11.6. The van der Waals surface area contributed by atoms with Gasteiger partial charge in [0.1, 0.15) is 5.82 Å². The second kappa shape index (κ2) is 4.93. The molecule has 0 fully saturated rings. The zero-order valence-corrected chi connectivity index (χ0v) is 11.6. The van der Waals surface area contributed by atoms with E-state index in [1.807, 2.05) is 30.3 Å². The Hall–Kier alpha value is -2.83. The quantitative estimate of drug-likeness (QED) is 0.670. The van der Waals surface area contributed by atoms with E-state index in [1.165, 1.54) is 4.68 Å². The van der Waals surface area contributed by atoms with Gasteiger partial charge in [0.25, 0.3) is 5.56 Å². The van der Waals surface area contributed by atoms with Crippen molar-refractivity contribution >= 4 is 0 Å². The monoisotopic (exact) mass is 283 g/mol. The fraction of sp³-hybridized carbons (Fsp3) is 0.214. The van der Waals surface area contributed by atoms with E-state index in [1.54, 1.807) is 14.0 Å². The number of hydrogen-bond donors (Lipinski definition) is 0. The third-order valence-corrected chi connectivity index (χ3v) is 3.15. The van der Waals surface area contributed by atoms with Crippen molar-refractivity contribution in [3.8, 4) is 11.5 Å². The molecule has 0 N–H and O–H groups in total. The molecule has 7 nitrogen and oxygen atoms in total. The van der Waals surface area contributed by atoms with Gasteiger partial charge in [0, 0.05) is 7.05 Å². The van der Waals surface area contributed by atoms with E-state index >= 15 is 0 Å². The van der Waals surface area contributed by atoms with Crippen molar-refractivity contribution in [2.45, 2.75) is 13.5 Å². The average molecular weight is 283 g/mol. The summed E-state index contributed by atoms with van der Waals surface area (Å²) in [6.07, 6.45) is 0. The number of aromatic nitrogens is 5. The Morgan fingerprint density at radius 1 is 1.10 bits per heavy atom. The molecule has 3 rings (SSSR count). The Labute approximate surface area is 119 Å². The van der Waals surface area contributed by atoms with E-state index in [9.17, 15) is 9.59 Å². The lowest BCUT2D eigenvalue weighted by Gasteiger charge is -2.11. The van der Waals surface area contributed by atoms with Gasteiger partial charge in [0.15, 0.2) is 11.5 Å². The molecule has 0 aromatic heterocycles. The SMILES string of the molecule is Cc1nc2c(=O)n(Cc3ccccc3)c(=O)nc-2n(C)n1. The van der Waals surface area contributed by atoms with E-state index in [2.05, 4.69) is 15.1 Å². The number of rotatable bonds is 2. The molecule has 2 aliphatic heterocycles. The molecule has 0 amide bonds. The van der Waals surface area contributed by atoms with Crippen LogP contribution in [0.3, 0.4) is 0 Å². The lowest BCUT2D eigenvalue weighted by atomic mass is 10.2. The Balaban J connectivity index is 2.23. The molecule has 2 aliphatic rings. The van der Waals surface area contributed by atoms with Crippen LogP contribution in [0.25, 0.3) is 11.5 Å². The second-order valence-corrected chi connectivity index (χ2v) is 4.73. The van der Waals surface area contributed by atoms with Crippen LogP contribution in [0, 0.1) is 6.92 Å². The normalized spacial score (nSPS) is 11.0. The van der Waals surface area contributed by atoms with Crippen LogP contribution >= 0.6 is 0 Å².